The van der Waals surface area contributed by atoms with Gasteiger partial charge >= 0.3 is 0 Å². The summed E-state index contributed by atoms with van der Waals surface area (Å²) < 4.78 is 2.37. The average Bonchev–Trinajstić information content (AvgIpc) is 2.40. The molecule has 0 spiro atoms. The molecule has 0 bridgehead atoms. The molecule has 100 valence electrons. The Bertz CT molecular complexity index is 386. The summed E-state index contributed by atoms with van der Waals surface area (Å²) in [6.07, 6.45) is 8.34. The van der Waals surface area contributed by atoms with Crippen molar-refractivity contribution < 1.29 is 0 Å². The van der Waals surface area contributed by atoms with Crippen molar-refractivity contribution >= 4 is 31.9 Å². The first kappa shape index (κ1) is 14.5. The molecule has 2 rings (SSSR count). The van der Waals surface area contributed by atoms with Crippen LogP contribution >= 0.6 is 31.9 Å². The lowest BCUT2D eigenvalue weighted by atomic mass is 9.83. The molecule has 1 fully saturated rings. The molecular weight excluding hydrogens is 354 g/mol. The van der Waals surface area contributed by atoms with Crippen LogP contribution in [0.1, 0.15) is 50.1 Å². The molecule has 0 amide bonds. The van der Waals surface area contributed by atoms with Gasteiger partial charge in [0.25, 0.3) is 0 Å². The van der Waals surface area contributed by atoms with Crippen LogP contribution in [0, 0.1) is 5.92 Å². The summed E-state index contributed by atoms with van der Waals surface area (Å²) in [6, 6.07) is 6.90. The van der Waals surface area contributed by atoms with Crippen LogP contribution in [0.25, 0.3) is 0 Å². The van der Waals surface area contributed by atoms with E-state index in [1.807, 2.05) is 0 Å². The lowest BCUT2D eigenvalue weighted by molar-refractivity contribution is 0.305. The molecule has 0 aliphatic heterocycles. The Morgan fingerprint density at radius 2 is 1.94 bits per heavy atom. The van der Waals surface area contributed by atoms with Crippen LogP contribution in [0.3, 0.4) is 0 Å². The smallest absolute Gasteiger partial charge is 0.0331 e. The summed E-state index contributed by atoms with van der Waals surface area (Å²) in [5, 5.41) is 3.48. The van der Waals surface area contributed by atoms with Crippen molar-refractivity contribution in [1.82, 2.24) is 5.32 Å². The van der Waals surface area contributed by atoms with Gasteiger partial charge in [0.2, 0.25) is 0 Å². The molecule has 1 atom stereocenters. The molecule has 0 saturated heterocycles. The highest BCUT2D eigenvalue weighted by Gasteiger charge is 2.20. The highest BCUT2D eigenvalue weighted by atomic mass is 79.9. The Labute approximate surface area is 127 Å². The van der Waals surface area contributed by atoms with Crippen LogP contribution in [-0.2, 0) is 0 Å². The van der Waals surface area contributed by atoms with Gasteiger partial charge in [0.15, 0.2) is 0 Å². The molecule has 1 N–H and O–H groups in total. The Hall–Kier alpha value is 0.140. The Morgan fingerprint density at radius 3 is 2.61 bits per heavy atom. The minimum atomic E-state index is 0.458. The van der Waals surface area contributed by atoms with Crippen LogP contribution in [0.15, 0.2) is 27.1 Å². The number of nitrogens with one attached hydrogen (secondary N) is 1. The van der Waals surface area contributed by atoms with E-state index in [2.05, 4.69) is 62.4 Å². The second kappa shape index (κ2) is 7.06. The molecule has 1 aromatic carbocycles. The lowest BCUT2D eigenvalue weighted by Gasteiger charge is -2.27. The predicted molar refractivity (Wildman–Crippen MR) is 84.8 cm³/mol. The molecule has 1 aliphatic carbocycles. The standard InChI is InChI=1S/C15H21Br2N/c1-18-15(9-11-5-3-2-4-6-11)13-10-12(16)7-8-14(13)17/h7-8,10-11,15,18H,2-6,9H2,1H3. The monoisotopic (exact) mass is 373 g/mol. The summed E-state index contributed by atoms with van der Waals surface area (Å²) in [4.78, 5) is 0. The van der Waals surface area contributed by atoms with Crippen LogP contribution < -0.4 is 5.32 Å². The molecular formula is C15H21Br2N. The molecule has 0 aromatic heterocycles. The van der Waals surface area contributed by atoms with E-state index in [1.54, 1.807) is 0 Å². The van der Waals surface area contributed by atoms with E-state index in [1.165, 1.54) is 48.6 Å². The number of hydrogen-bond acceptors (Lipinski definition) is 1. The number of hydrogen-bond donors (Lipinski definition) is 1. The van der Waals surface area contributed by atoms with Crippen molar-refractivity contribution in [3.05, 3.63) is 32.7 Å². The number of benzene rings is 1. The third-order valence-corrected chi connectivity index (χ3v) is 5.19. The fourth-order valence-corrected chi connectivity index (χ4v) is 3.84. The van der Waals surface area contributed by atoms with Crippen LogP contribution in [0.4, 0.5) is 0 Å². The number of halogens is 2. The van der Waals surface area contributed by atoms with Crippen molar-refractivity contribution in [2.45, 2.75) is 44.6 Å². The molecule has 0 heterocycles. The largest absolute Gasteiger partial charge is 0.313 e. The average molecular weight is 375 g/mol. The first-order chi connectivity index (χ1) is 8.70. The van der Waals surface area contributed by atoms with Crippen molar-refractivity contribution in [3.63, 3.8) is 0 Å². The van der Waals surface area contributed by atoms with Gasteiger partial charge in [0.1, 0.15) is 0 Å². The highest BCUT2D eigenvalue weighted by Crippen LogP contribution is 2.35. The number of rotatable bonds is 4. The van der Waals surface area contributed by atoms with Gasteiger partial charge in [-0.05, 0) is 43.1 Å². The van der Waals surface area contributed by atoms with Crippen LogP contribution in [0.2, 0.25) is 0 Å². The molecule has 1 saturated carbocycles. The maximum Gasteiger partial charge on any atom is 0.0331 e. The van der Waals surface area contributed by atoms with Crippen molar-refractivity contribution in [2.24, 2.45) is 5.92 Å². The molecule has 1 aromatic rings. The fraction of sp³-hybridized carbons (Fsp3) is 0.600. The van der Waals surface area contributed by atoms with E-state index >= 15 is 0 Å². The Balaban J connectivity index is 2.09. The summed E-state index contributed by atoms with van der Waals surface area (Å²) in [6.45, 7) is 0. The minimum absolute atomic E-state index is 0.458. The van der Waals surface area contributed by atoms with Gasteiger partial charge in [-0.1, -0.05) is 64.0 Å². The topological polar surface area (TPSA) is 12.0 Å². The van der Waals surface area contributed by atoms with E-state index in [-0.39, 0.29) is 0 Å². The van der Waals surface area contributed by atoms with Crippen molar-refractivity contribution in [1.29, 1.82) is 0 Å². The maximum absolute atomic E-state index is 3.68. The third kappa shape index (κ3) is 3.82. The molecule has 1 aliphatic rings. The lowest BCUT2D eigenvalue weighted by Crippen LogP contribution is -2.21. The third-order valence-electron chi connectivity index (χ3n) is 3.98. The minimum Gasteiger partial charge on any atom is -0.313 e. The van der Waals surface area contributed by atoms with E-state index in [4.69, 9.17) is 0 Å². The maximum atomic E-state index is 3.68. The Morgan fingerprint density at radius 1 is 1.22 bits per heavy atom. The van der Waals surface area contributed by atoms with Crippen molar-refractivity contribution in [3.8, 4) is 0 Å². The zero-order valence-electron chi connectivity index (χ0n) is 10.9. The highest BCUT2D eigenvalue weighted by molar-refractivity contribution is 9.11. The zero-order chi connectivity index (χ0) is 13.0. The zero-order valence-corrected chi connectivity index (χ0v) is 14.1. The first-order valence-corrected chi connectivity index (χ1v) is 8.41. The molecule has 3 heteroatoms. The van der Waals surface area contributed by atoms with Crippen LogP contribution in [-0.4, -0.2) is 7.05 Å². The predicted octanol–water partition coefficient (Wildman–Crippen LogP) is 5.44. The molecule has 0 radical (unpaired) electrons. The van der Waals surface area contributed by atoms with Crippen molar-refractivity contribution in [2.75, 3.05) is 7.05 Å². The van der Waals surface area contributed by atoms with Gasteiger partial charge in [-0.25, -0.2) is 0 Å². The van der Waals surface area contributed by atoms with Gasteiger partial charge in [-0.15, -0.1) is 0 Å². The normalized spacial score (nSPS) is 18.8. The summed E-state index contributed by atoms with van der Waals surface area (Å²) in [5.74, 6) is 0.891. The van der Waals surface area contributed by atoms with E-state index in [9.17, 15) is 0 Å². The molecule has 1 unspecified atom stereocenters. The van der Waals surface area contributed by atoms with Gasteiger partial charge in [0.05, 0.1) is 0 Å². The second-order valence-corrected chi connectivity index (χ2v) is 7.02. The van der Waals surface area contributed by atoms with Gasteiger partial charge < -0.3 is 5.32 Å². The fourth-order valence-electron chi connectivity index (χ4n) is 2.94. The molecule has 18 heavy (non-hydrogen) atoms. The Kier molecular flexibility index (Phi) is 5.71. The quantitative estimate of drug-likeness (QED) is 0.739. The summed E-state index contributed by atoms with van der Waals surface area (Å²) in [7, 11) is 2.07. The van der Waals surface area contributed by atoms with Crippen LogP contribution in [0.5, 0.6) is 0 Å². The van der Waals surface area contributed by atoms with Gasteiger partial charge in [-0.3, -0.25) is 0 Å². The van der Waals surface area contributed by atoms with E-state index in [0.717, 1.165) is 10.4 Å². The second-order valence-electron chi connectivity index (χ2n) is 5.25. The SMILES string of the molecule is CNC(CC1CCCCC1)c1cc(Br)ccc1Br. The summed E-state index contributed by atoms with van der Waals surface area (Å²) in [5.41, 5.74) is 1.37. The van der Waals surface area contributed by atoms with E-state index < -0.39 is 0 Å². The molecule has 1 nitrogen and oxygen atoms in total. The van der Waals surface area contributed by atoms with Gasteiger partial charge in [0, 0.05) is 15.0 Å². The van der Waals surface area contributed by atoms with Gasteiger partial charge in [-0.2, -0.15) is 0 Å². The summed E-state index contributed by atoms with van der Waals surface area (Å²) >= 11 is 7.25. The first-order valence-electron chi connectivity index (χ1n) is 6.83. The van der Waals surface area contributed by atoms with E-state index in [0.29, 0.717) is 6.04 Å².